The highest BCUT2D eigenvalue weighted by molar-refractivity contribution is 5.73. The van der Waals surface area contributed by atoms with E-state index in [-0.39, 0.29) is 6.04 Å². The van der Waals surface area contributed by atoms with E-state index in [9.17, 15) is 35.4 Å². The third-order valence-electron chi connectivity index (χ3n) is 8.71. The Balaban J connectivity index is 2.60. The van der Waals surface area contributed by atoms with Gasteiger partial charge in [0.05, 0.1) is 36.5 Å². The molecule has 0 aliphatic carbocycles. The zero-order valence-corrected chi connectivity index (χ0v) is 25.8. The Morgan fingerprint density at radius 1 is 0.854 bits per heavy atom. The van der Waals surface area contributed by atoms with Crippen molar-refractivity contribution in [3.05, 3.63) is 0 Å². The zero-order chi connectivity index (χ0) is 31.1. The molecule has 0 spiro atoms. The highest BCUT2D eigenvalue weighted by atomic mass is 16.6. The lowest BCUT2D eigenvalue weighted by Crippen LogP contribution is -2.73. The van der Waals surface area contributed by atoms with E-state index in [0.29, 0.717) is 38.5 Å². The van der Waals surface area contributed by atoms with Crippen LogP contribution in [0, 0.1) is 0 Å². The fourth-order valence-electron chi connectivity index (χ4n) is 6.62. The van der Waals surface area contributed by atoms with Crippen LogP contribution < -0.4 is 10.6 Å². The standard InChI is InChI=1S/C29H56N2O10/c1-8-12-28(38,10-3)26-21(31-17(7)34)24(37)25(19(15-33)40-26)41-29(11-4,13-9-2)27-20(30-16(5)6)23(36)22(35)18(14-32)39-27/h16,18-27,30,32-33,35-38H,8-15H2,1-7H3,(H,31,34). The molecule has 2 rings (SSSR count). The summed E-state index contributed by atoms with van der Waals surface area (Å²) < 4.78 is 19.3. The summed E-state index contributed by atoms with van der Waals surface area (Å²) in [7, 11) is 0. The number of ether oxygens (including phenoxy) is 3. The van der Waals surface area contributed by atoms with Crippen LogP contribution in [0.25, 0.3) is 0 Å². The SMILES string of the molecule is CCCC(O)(CC)C1OC(CO)C(OC(CC)(CCC)C2OC(CO)C(O)C(O)C2NC(C)C)C(O)C1NC(C)=O. The second kappa shape index (κ2) is 15.7. The first-order valence-corrected chi connectivity index (χ1v) is 15.3. The van der Waals surface area contributed by atoms with Crippen LogP contribution in [0.4, 0.5) is 0 Å². The van der Waals surface area contributed by atoms with Crippen molar-refractivity contribution in [1.82, 2.24) is 10.6 Å². The summed E-state index contributed by atoms with van der Waals surface area (Å²) in [6.07, 6.45) is -6.48. The fraction of sp³-hybridized carbons (Fsp3) is 0.966. The van der Waals surface area contributed by atoms with Crippen LogP contribution in [0.15, 0.2) is 0 Å². The summed E-state index contributed by atoms with van der Waals surface area (Å²) >= 11 is 0. The van der Waals surface area contributed by atoms with Crippen LogP contribution in [-0.4, -0.2) is 128 Å². The smallest absolute Gasteiger partial charge is 0.217 e. The zero-order valence-electron chi connectivity index (χ0n) is 25.8. The van der Waals surface area contributed by atoms with E-state index in [2.05, 4.69) is 10.6 Å². The number of nitrogens with one attached hydrogen (secondary N) is 2. The second-order valence-electron chi connectivity index (χ2n) is 12.1. The van der Waals surface area contributed by atoms with E-state index >= 15 is 0 Å². The molecule has 12 heteroatoms. The third kappa shape index (κ3) is 7.97. The van der Waals surface area contributed by atoms with E-state index in [4.69, 9.17) is 14.2 Å². The molecule has 0 aromatic heterocycles. The first-order chi connectivity index (χ1) is 19.3. The monoisotopic (exact) mass is 592 g/mol. The minimum Gasteiger partial charge on any atom is -0.394 e. The lowest BCUT2D eigenvalue weighted by Gasteiger charge is -2.55. The van der Waals surface area contributed by atoms with E-state index in [1.165, 1.54) is 6.92 Å². The van der Waals surface area contributed by atoms with Crippen LogP contribution in [-0.2, 0) is 19.0 Å². The van der Waals surface area contributed by atoms with Crippen molar-refractivity contribution in [3.63, 3.8) is 0 Å². The number of hydrogen-bond acceptors (Lipinski definition) is 11. The predicted octanol–water partition coefficient (Wildman–Crippen LogP) is -0.265. The maximum absolute atomic E-state index is 12.3. The Morgan fingerprint density at radius 3 is 1.90 bits per heavy atom. The molecule has 1 amide bonds. The molecule has 2 aliphatic rings. The van der Waals surface area contributed by atoms with Gasteiger partial charge in [0.2, 0.25) is 5.91 Å². The number of aliphatic hydroxyl groups is 6. The highest BCUT2D eigenvalue weighted by Gasteiger charge is 2.58. The Bertz CT molecular complexity index is 806. The van der Waals surface area contributed by atoms with Crippen LogP contribution in [0.1, 0.15) is 87.0 Å². The van der Waals surface area contributed by atoms with Crippen molar-refractivity contribution >= 4 is 5.91 Å². The fourth-order valence-corrected chi connectivity index (χ4v) is 6.62. The van der Waals surface area contributed by atoms with Gasteiger partial charge in [-0.3, -0.25) is 4.79 Å². The highest BCUT2D eigenvalue weighted by Crippen LogP contribution is 2.41. The van der Waals surface area contributed by atoms with Gasteiger partial charge in [-0.25, -0.2) is 0 Å². The van der Waals surface area contributed by atoms with Gasteiger partial charge < -0.3 is 55.5 Å². The second-order valence-corrected chi connectivity index (χ2v) is 12.1. The molecule has 2 fully saturated rings. The summed E-state index contributed by atoms with van der Waals surface area (Å²) in [6, 6.07) is -1.93. The number of amides is 1. The van der Waals surface area contributed by atoms with Crippen molar-refractivity contribution in [2.75, 3.05) is 13.2 Å². The van der Waals surface area contributed by atoms with Crippen LogP contribution >= 0.6 is 0 Å². The van der Waals surface area contributed by atoms with Crippen LogP contribution in [0.5, 0.6) is 0 Å². The molecule has 242 valence electrons. The molecule has 0 saturated carbocycles. The van der Waals surface area contributed by atoms with Crippen LogP contribution in [0.2, 0.25) is 0 Å². The predicted molar refractivity (Wildman–Crippen MR) is 152 cm³/mol. The van der Waals surface area contributed by atoms with Gasteiger partial charge in [0.25, 0.3) is 0 Å². The molecule has 2 aliphatic heterocycles. The molecule has 12 unspecified atom stereocenters. The molecule has 2 saturated heterocycles. The summed E-state index contributed by atoms with van der Waals surface area (Å²) in [4.78, 5) is 12.3. The summed E-state index contributed by atoms with van der Waals surface area (Å²) in [5.41, 5.74) is -2.55. The molecule has 8 N–H and O–H groups in total. The largest absolute Gasteiger partial charge is 0.394 e. The molecule has 0 aromatic carbocycles. The molecule has 0 bridgehead atoms. The van der Waals surface area contributed by atoms with E-state index < -0.39 is 91.2 Å². The Labute approximate surface area is 244 Å². The minimum atomic E-state index is -1.38. The molecule has 2 heterocycles. The summed E-state index contributed by atoms with van der Waals surface area (Å²) in [5, 5.41) is 71.5. The maximum atomic E-state index is 12.3. The van der Waals surface area contributed by atoms with Crippen molar-refractivity contribution in [1.29, 1.82) is 0 Å². The van der Waals surface area contributed by atoms with E-state index in [1.54, 1.807) is 6.92 Å². The molecule has 12 atom stereocenters. The quantitative estimate of drug-likeness (QED) is 0.125. The van der Waals surface area contributed by atoms with Crippen LogP contribution in [0.3, 0.4) is 0 Å². The molecule has 0 radical (unpaired) electrons. The topological polar surface area (TPSA) is 190 Å². The van der Waals surface area contributed by atoms with E-state index in [0.717, 1.165) is 0 Å². The number of carbonyl (C=O) groups excluding carboxylic acids is 1. The van der Waals surface area contributed by atoms with Gasteiger partial charge in [-0.1, -0.05) is 54.4 Å². The van der Waals surface area contributed by atoms with Crippen molar-refractivity contribution < 1.29 is 49.6 Å². The molecule has 12 nitrogen and oxygen atoms in total. The number of carbonyl (C=O) groups is 1. The molecular weight excluding hydrogens is 536 g/mol. The summed E-state index contributed by atoms with van der Waals surface area (Å²) in [5.74, 6) is -0.422. The van der Waals surface area contributed by atoms with Gasteiger partial charge in [0.15, 0.2) is 0 Å². The van der Waals surface area contributed by atoms with Crippen molar-refractivity contribution in [2.24, 2.45) is 0 Å². The normalized spacial score (nSPS) is 37.4. The van der Waals surface area contributed by atoms with Crippen molar-refractivity contribution in [2.45, 2.75) is 165 Å². The number of hydrogen-bond donors (Lipinski definition) is 8. The van der Waals surface area contributed by atoms with Gasteiger partial charge in [0, 0.05) is 13.0 Å². The Kier molecular flexibility index (Phi) is 13.9. The third-order valence-corrected chi connectivity index (χ3v) is 8.71. The minimum absolute atomic E-state index is 0.0983. The lowest BCUT2D eigenvalue weighted by atomic mass is 9.77. The number of rotatable bonds is 15. The molecule has 41 heavy (non-hydrogen) atoms. The lowest BCUT2D eigenvalue weighted by molar-refractivity contribution is -0.306. The maximum Gasteiger partial charge on any atom is 0.217 e. The van der Waals surface area contributed by atoms with Gasteiger partial charge in [-0.15, -0.1) is 0 Å². The Hall–Kier alpha value is -0.930. The number of aliphatic hydroxyl groups excluding tert-OH is 5. The average Bonchev–Trinajstić information content (AvgIpc) is 2.92. The van der Waals surface area contributed by atoms with Gasteiger partial charge in [-0.2, -0.15) is 0 Å². The average molecular weight is 593 g/mol. The van der Waals surface area contributed by atoms with Gasteiger partial charge in [-0.05, 0) is 25.7 Å². The van der Waals surface area contributed by atoms with Gasteiger partial charge >= 0.3 is 0 Å². The van der Waals surface area contributed by atoms with Crippen molar-refractivity contribution in [3.8, 4) is 0 Å². The Morgan fingerprint density at radius 2 is 1.44 bits per heavy atom. The van der Waals surface area contributed by atoms with E-state index in [1.807, 2.05) is 34.6 Å². The first-order valence-electron chi connectivity index (χ1n) is 15.3. The molecule has 0 aromatic rings. The first kappa shape index (κ1) is 36.3. The van der Waals surface area contributed by atoms with Gasteiger partial charge in [0.1, 0.15) is 48.8 Å². The summed E-state index contributed by atoms with van der Waals surface area (Å²) in [6.45, 7) is 11.6. The molecular formula is C29H56N2O10.